The van der Waals surface area contributed by atoms with E-state index in [1.165, 1.54) is 0 Å². The minimum atomic E-state index is -0.103. The Labute approximate surface area is 109 Å². The van der Waals surface area contributed by atoms with E-state index in [1.54, 1.807) is 30.9 Å². The van der Waals surface area contributed by atoms with Crippen molar-refractivity contribution in [2.24, 2.45) is 0 Å². The summed E-state index contributed by atoms with van der Waals surface area (Å²) in [4.78, 5) is 23.1. The van der Waals surface area contributed by atoms with Crippen LogP contribution in [0.25, 0.3) is 11.0 Å². The van der Waals surface area contributed by atoms with Crippen molar-refractivity contribution in [3.8, 4) is 0 Å². The van der Waals surface area contributed by atoms with E-state index in [0.717, 1.165) is 16.6 Å². The first-order valence-electron chi connectivity index (χ1n) is 5.93. The second-order valence-electron chi connectivity index (χ2n) is 4.17. The van der Waals surface area contributed by atoms with Gasteiger partial charge in [0.15, 0.2) is 0 Å². The molecule has 0 bridgehead atoms. The first-order valence-corrected chi connectivity index (χ1v) is 5.93. The van der Waals surface area contributed by atoms with Crippen LogP contribution in [0.2, 0.25) is 0 Å². The van der Waals surface area contributed by atoms with Crippen molar-refractivity contribution >= 4 is 16.9 Å². The zero-order valence-corrected chi connectivity index (χ0v) is 10.1. The van der Waals surface area contributed by atoms with Crippen LogP contribution in [-0.2, 0) is 6.54 Å². The fraction of sp³-hybridized carbons (Fsp3) is 0.0714. The van der Waals surface area contributed by atoms with Crippen LogP contribution in [-0.4, -0.2) is 20.9 Å². The van der Waals surface area contributed by atoms with Crippen LogP contribution < -0.4 is 5.32 Å². The number of aromatic nitrogens is 3. The van der Waals surface area contributed by atoms with Crippen molar-refractivity contribution in [2.45, 2.75) is 6.54 Å². The molecule has 0 fully saturated rings. The van der Waals surface area contributed by atoms with Gasteiger partial charge in [-0.25, -0.2) is 4.98 Å². The quantitative estimate of drug-likeness (QED) is 0.747. The lowest BCUT2D eigenvalue weighted by Crippen LogP contribution is -2.22. The molecule has 0 radical (unpaired) electrons. The number of rotatable bonds is 3. The SMILES string of the molecule is O=C(NCc1ccncc1)c1ccc2nc[nH]c2c1. The molecule has 0 spiro atoms. The highest BCUT2D eigenvalue weighted by Crippen LogP contribution is 2.11. The lowest BCUT2D eigenvalue weighted by atomic mass is 10.2. The molecule has 0 aliphatic heterocycles. The van der Waals surface area contributed by atoms with E-state index < -0.39 is 0 Å². The minimum absolute atomic E-state index is 0.103. The van der Waals surface area contributed by atoms with Gasteiger partial charge in [-0.15, -0.1) is 0 Å². The van der Waals surface area contributed by atoms with Crippen molar-refractivity contribution in [2.75, 3.05) is 0 Å². The highest BCUT2D eigenvalue weighted by atomic mass is 16.1. The predicted molar refractivity (Wildman–Crippen MR) is 71.5 cm³/mol. The van der Waals surface area contributed by atoms with E-state index in [1.807, 2.05) is 18.2 Å². The summed E-state index contributed by atoms with van der Waals surface area (Å²) in [5, 5.41) is 2.87. The number of hydrogen-bond donors (Lipinski definition) is 2. The summed E-state index contributed by atoms with van der Waals surface area (Å²) in [6, 6.07) is 9.14. The highest BCUT2D eigenvalue weighted by Gasteiger charge is 2.06. The van der Waals surface area contributed by atoms with Crippen molar-refractivity contribution < 1.29 is 4.79 Å². The molecule has 2 aromatic heterocycles. The Morgan fingerprint density at radius 2 is 2.05 bits per heavy atom. The molecule has 2 heterocycles. The molecule has 5 nitrogen and oxygen atoms in total. The van der Waals surface area contributed by atoms with Crippen molar-refractivity contribution in [3.63, 3.8) is 0 Å². The molecule has 2 N–H and O–H groups in total. The van der Waals surface area contributed by atoms with Gasteiger partial charge in [0.05, 0.1) is 17.4 Å². The smallest absolute Gasteiger partial charge is 0.251 e. The van der Waals surface area contributed by atoms with E-state index in [4.69, 9.17) is 0 Å². The predicted octanol–water partition coefficient (Wildman–Crippen LogP) is 1.89. The maximum Gasteiger partial charge on any atom is 0.251 e. The lowest BCUT2D eigenvalue weighted by molar-refractivity contribution is 0.0951. The zero-order valence-electron chi connectivity index (χ0n) is 10.1. The van der Waals surface area contributed by atoms with Gasteiger partial charge in [0, 0.05) is 24.5 Å². The second kappa shape index (κ2) is 4.89. The first kappa shape index (κ1) is 11.4. The van der Waals surface area contributed by atoms with Gasteiger partial charge < -0.3 is 10.3 Å². The van der Waals surface area contributed by atoms with Crippen LogP contribution in [0.15, 0.2) is 49.1 Å². The van der Waals surface area contributed by atoms with Crippen LogP contribution >= 0.6 is 0 Å². The van der Waals surface area contributed by atoms with Gasteiger partial charge in [0.1, 0.15) is 0 Å². The molecule has 94 valence electrons. The molecule has 0 aliphatic carbocycles. The Balaban J connectivity index is 1.73. The number of hydrogen-bond acceptors (Lipinski definition) is 3. The van der Waals surface area contributed by atoms with Crippen molar-refractivity contribution in [1.82, 2.24) is 20.3 Å². The number of amides is 1. The molecule has 1 amide bonds. The van der Waals surface area contributed by atoms with E-state index in [2.05, 4.69) is 20.3 Å². The Morgan fingerprint density at radius 3 is 2.89 bits per heavy atom. The normalized spacial score (nSPS) is 10.5. The van der Waals surface area contributed by atoms with Gasteiger partial charge in [-0.1, -0.05) is 0 Å². The Kier molecular flexibility index (Phi) is 2.94. The summed E-state index contributed by atoms with van der Waals surface area (Å²) in [7, 11) is 0. The number of H-pyrrole nitrogens is 1. The number of carbonyl (C=O) groups is 1. The third-order valence-corrected chi connectivity index (χ3v) is 2.88. The van der Waals surface area contributed by atoms with Crippen LogP contribution in [0, 0.1) is 0 Å². The van der Waals surface area contributed by atoms with E-state index >= 15 is 0 Å². The Hall–Kier alpha value is -2.69. The van der Waals surface area contributed by atoms with Gasteiger partial charge in [-0.05, 0) is 35.9 Å². The second-order valence-corrected chi connectivity index (χ2v) is 4.17. The Morgan fingerprint density at radius 1 is 1.21 bits per heavy atom. The van der Waals surface area contributed by atoms with Crippen LogP contribution in [0.5, 0.6) is 0 Å². The highest BCUT2D eigenvalue weighted by molar-refractivity contribution is 5.97. The Bertz CT molecular complexity index is 706. The third kappa shape index (κ3) is 2.44. The number of nitrogens with zero attached hydrogens (tertiary/aromatic N) is 2. The molecule has 0 aliphatic rings. The maximum atomic E-state index is 12.0. The zero-order chi connectivity index (χ0) is 13.1. The maximum absolute atomic E-state index is 12.0. The fourth-order valence-corrected chi connectivity index (χ4v) is 1.86. The van der Waals surface area contributed by atoms with Crippen LogP contribution in [0.4, 0.5) is 0 Å². The topological polar surface area (TPSA) is 70.7 Å². The molecular formula is C14H12N4O. The number of nitrogens with one attached hydrogen (secondary N) is 2. The number of benzene rings is 1. The number of aromatic amines is 1. The number of pyridine rings is 1. The molecule has 0 unspecified atom stereocenters. The molecule has 3 aromatic rings. The molecular weight excluding hydrogens is 240 g/mol. The molecule has 19 heavy (non-hydrogen) atoms. The number of fused-ring (bicyclic) bond motifs is 1. The van der Waals surface area contributed by atoms with E-state index in [-0.39, 0.29) is 5.91 Å². The van der Waals surface area contributed by atoms with Gasteiger partial charge in [-0.2, -0.15) is 0 Å². The standard InChI is InChI=1S/C14H12N4O/c19-14(16-8-10-3-5-15-6-4-10)11-1-2-12-13(7-11)18-9-17-12/h1-7,9H,8H2,(H,16,19)(H,17,18). The van der Waals surface area contributed by atoms with Gasteiger partial charge in [0.2, 0.25) is 0 Å². The van der Waals surface area contributed by atoms with Crippen molar-refractivity contribution in [3.05, 3.63) is 60.2 Å². The van der Waals surface area contributed by atoms with Crippen LogP contribution in [0.1, 0.15) is 15.9 Å². The van der Waals surface area contributed by atoms with Crippen molar-refractivity contribution in [1.29, 1.82) is 0 Å². The summed E-state index contributed by atoms with van der Waals surface area (Å²) >= 11 is 0. The minimum Gasteiger partial charge on any atom is -0.348 e. The fourth-order valence-electron chi connectivity index (χ4n) is 1.86. The first-order chi connectivity index (χ1) is 9.33. The summed E-state index contributed by atoms with van der Waals surface area (Å²) in [5.74, 6) is -0.103. The average molecular weight is 252 g/mol. The summed E-state index contributed by atoms with van der Waals surface area (Å²) < 4.78 is 0. The average Bonchev–Trinajstić information content (AvgIpc) is 2.93. The summed E-state index contributed by atoms with van der Waals surface area (Å²) in [6.07, 6.45) is 5.03. The third-order valence-electron chi connectivity index (χ3n) is 2.88. The van der Waals surface area contributed by atoms with E-state index in [9.17, 15) is 4.79 Å². The molecule has 0 saturated carbocycles. The van der Waals surface area contributed by atoms with Gasteiger partial charge in [-0.3, -0.25) is 9.78 Å². The van der Waals surface area contributed by atoms with Gasteiger partial charge in [0.25, 0.3) is 5.91 Å². The lowest BCUT2D eigenvalue weighted by Gasteiger charge is -2.05. The molecule has 3 rings (SSSR count). The van der Waals surface area contributed by atoms with E-state index in [0.29, 0.717) is 12.1 Å². The largest absolute Gasteiger partial charge is 0.348 e. The molecule has 0 saturated heterocycles. The molecule has 5 heteroatoms. The number of imidazole rings is 1. The monoisotopic (exact) mass is 252 g/mol. The van der Waals surface area contributed by atoms with Crippen LogP contribution in [0.3, 0.4) is 0 Å². The molecule has 0 atom stereocenters. The summed E-state index contributed by atoms with van der Waals surface area (Å²) in [6.45, 7) is 0.488. The summed E-state index contributed by atoms with van der Waals surface area (Å²) in [5.41, 5.74) is 3.35. The molecule has 1 aromatic carbocycles. The number of carbonyl (C=O) groups excluding carboxylic acids is 1. The van der Waals surface area contributed by atoms with Gasteiger partial charge >= 0.3 is 0 Å².